The Morgan fingerprint density at radius 2 is 1.95 bits per heavy atom. The van der Waals surface area contributed by atoms with E-state index in [2.05, 4.69) is 13.8 Å². The maximum atomic E-state index is 11.8. The Morgan fingerprint density at radius 1 is 1.30 bits per heavy atom. The first-order chi connectivity index (χ1) is 9.56. The Hall–Kier alpha value is -1.59. The average molecular weight is 279 g/mol. The van der Waals surface area contributed by atoms with Crippen LogP contribution in [0.2, 0.25) is 0 Å². The van der Waals surface area contributed by atoms with Gasteiger partial charge in [0.15, 0.2) is 6.23 Å². The van der Waals surface area contributed by atoms with E-state index >= 15 is 0 Å². The first-order valence-electron chi connectivity index (χ1n) is 6.73. The second kappa shape index (κ2) is 6.24. The second-order valence-corrected chi connectivity index (χ2v) is 5.26. The summed E-state index contributed by atoms with van der Waals surface area (Å²) in [5.41, 5.74) is 1.00. The summed E-state index contributed by atoms with van der Waals surface area (Å²) < 4.78 is 9.98. The minimum Gasteiger partial charge on any atom is -0.497 e. The molecular formula is C15H21NO4. The molecule has 1 aromatic carbocycles. The highest BCUT2D eigenvalue weighted by Gasteiger charge is 2.47. The first kappa shape index (κ1) is 14.8. The summed E-state index contributed by atoms with van der Waals surface area (Å²) >= 11 is 0. The SMILES string of the molecule is COC(=O)[C@H](CC(C)C)N1O[C@@H]1c1ccc(OC)cc1. The van der Waals surface area contributed by atoms with E-state index in [-0.39, 0.29) is 18.2 Å². The lowest BCUT2D eigenvalue weighted by molar-refractivity contribution is -0.148. The molecule has 110 valence electrons. The molecule has 0 aliphatic carbocycles. The molecule has 1 aliphatic rings. The molecule has 0 spiro atoms. The Kier molecular flexibility index (Phi) is 4.62. The predicted octanol–water partition coefficient (Wildman–Crippen LogP) is 2.53. The van der Waals surface area contributed by atoms with Crippen LogP contribution in [0.15, 0.2) is 24.3 Å². The van der Waals surface area contributed by atoms with Crippen LogP contribution in [-0.4, -0.2) is 31.3 Å². The summed E-state index contributed by atoms with van der Waals surface area (Å²) in [5, 5.41) is 1.70. The highest BCUT2D eigenvalue weighted by molar-refractivity contribution is 5.75. The molecule has 5 nitrogen and oxygen atoms in total. The van der Waals surface area contributed by atoms with Gasteiger partial charge in [-0.05, 0) is 30.0 Å². The van der Waals surface area contributed by atoms with Crippen LogP contribution >= 0.6 is 0 Å². The topological polar surface area (TPSA) is 51.1 Å². The van der Waals surface area contributed by atoms with E-state index in [4.69, 9.17) is 14.3 Å². The summed E-state index contributed by atoms with van der Waals surface area (Å²) in [5.74, 6) is 0.933. The van der Waals surface area contributed by atoms with E-state index in [1.807, 2.05) is 24.3 Å². The van der Waals surface area contributed by atoms with Crippen molar-refractivity contribution in [1.82, 2.24) is 5.06 Å². The maximum absolute atomic E-state index is 11.8. The molecular weight excluding hydrogens is 258 g/mol. The van der Waals surface area contributed by atoms with Gasteiger partial charge >= 0.3 is 5.97 Å². The summed E-state index contributed by atoms with van der Waals surface area (Å²) in [7, 11) is 3.03. The lowest BCUT2D eigenvalue weighted by Crippen LogP contribution is -2.31. The number of carbonyl (C=O) groups excluding carboxylic acids is 1. The number of benzene rings is 1. The zero-order valence-corrected chi connectivity index (χ0v) is 12.3. The second-order valence-electron chi connectivity index (χ2n) is 5.26. The highest BCUT2D eigenvalue weighted by Crippen LogP contribution is 2.41. The zero-order valence-electron chi connectivity index (χ0n) is 12.3. The van der Waals surface area contributed by atoms with E-state index < -0.39 is 0 Å². The van der Waals surface area contributed by atoms with Crippen LogP contribution in [0.25, 0.3) is 0 Å². The maximum Gasteiger partial charge on any atom is 0.325 e. The molecule has 0 aromatic heterocycles. The number of carbonyl (C=O) groups is 1. The van der Waals surface area contributed by atoms with E-state index in [1.165, 1.54) is 7.11 Å². The molecule has 1 saturated heterocycles. The Morgan fingerprint density at radius 3 is 2.45 bits per heavy atom. The van der Waals surface area contributed by atoms with Crippen LogP contribution in [0.1, 0.15) is 32.1 Å². The van der Waals surface area contributed by atoms with Crippen LogP contribution in [0.5, 0.6) is 5.75 Å². The molecule has 20 heavy (non-hydrogen) atoms. The van der Waals surface area contributed by atoms with E-state index in [0.717, 1.165) is 11.3 Å². The third-order valence-electron chi connectivity index (χ3n) is 3.28. The van der Waals surface area contributed by atoms with Gasteiger partial charge in [-0.3, -0.25) is 9.63 Å². The molecule has 5 heteroatoms. The number of esters is 1. The van der Waals surface area contributed by atoms with E-state index in [1.54, 1.807) is 12.2 Å². The third-order valence-corrected chi connectivity index (χ3v) is 3.28. The summed E-state index contributed by atoms with van der Waals surface area (Å²) in [4.78, 5) is 17.4. The molecule has 3 atom stereocenters. The fourth-order valence-corrected chi connectivity index (χ4v) is 2.19. The van der Waals surface area contributed by atoms with Crippen LogP contribution in [-0.2, 0) is 14.4 Å². The number of methoxy groups -OCH3 is 2. The number of ether oxygens (including phenoxy) is 2. The van der Waals surface area contributed by atoms with Gasteiger partial charge in [-0.2, -0.15) is 0 Å². The Balaban J connectivity index is 2.04. The van der Waals surface area contributed by atoms with Gasteiger partial charge in [0.25, 0.3) is 0 Å². The standard InChI is InChI=1S/C15H21NO4/c1-10(2)9-13(15(17)19-4)16-14(20-16)11-5-7-12(18-3)8-6-11/h5-8,10,13-14H,9H2,1-4H3/t13-,14+,16?/m0/s1. The molecule has 1 aromatic rings. The van der Waals surface area contributed by atoms with E-state index in [9.17, 15) is 4.79 Å². The van der Waals surface area contributed by atoms with Gasteiger partial charge in [-0.1, -0.05) is 26.0 Å². The van der Waals surface area contributed by atoms with Crippen molar-refractivity contribution >= 4 is 5.97 Å². The Bertz CT molecular complexity index is 457. The van der Waals surface area contributed by atoms with Crippen molar-refractivity contribution in [2.75, 3.05) is 14.2 Å². The normalized spacial score (nSPS) is 22.4. The van der Waals surface area contributed by atoms with Crippen molar-refractivity contribution < 1.29 is 19.1 Å². The predicted molar refractivity (Wildman–Crippen MR) is 73.9 cm³/mol. The minimum absolute atomic E-state index is 0.177. The molecule has 1 heterocycles. The van der Waals surface area contributed by atoms with Crippen molar-refractivity contribution in [2.45, 2.75) is 32.5 Å². The zero-order chi connectivity index (χ0) is 14.7. The number of rotatable bonds is 6. The highest BCUT2D eigenvalue weighted by atomic mass is 16.8. The molecule has 1 aliphatic heterocycles. The van der Waals surface area contributed by atoms with Crippen LogP contribution in [0.4, 0.5) is 0 Å². The first-order valence-corrected chi connectivity index (χ1v) is 6.73. The molecule has 0 N–H and O–H groups in total. The van der Waals surface area contributed by atoms with Gasteiger partial charge in [0.05, 0.1) is 14.2 Å². The number of hydroxylamine groups is 2. The van der Waals surface area contributed by atoms with Gasteiger partial charge in [0, 0.05) is 0 Å². The lowest BCUT2D eigenvalue weighted by Gasteiger charge is -2.15. The van der Waals surface area contributed by atoms with Gasteiger partial charge in [-0.25, -0.2) is 0 Å². The number of hydrogen-bond acceptors (Lipinski definition) is 5. The fraction of sp³-hybridized carbons (Fsp3) is 0.533. The summed E-state index contributed by atoms with van der Waals surface area (Å²) in [6, 6.07) is 7.28. The molecule has 0 amide bonds. The fourth-order valence-electron chi connectivity index (χ4n) is 2.19. The smallest absolute Gasteiger partial charge is 0.325 e. The number of nitrogens with zero attached hydrogens (tertiary/aromatic N) is 1. The summed E-state index contributed by atoms with van der Waals surface area (Å²) in [6.07, 6.45) is 0.531. The van der Waals surface area contributed by atoms with Crippen LogP contribution < -0.4 is 4.74 Å². The van der Waals surface area contributed by atoms with Crippen molar-refractivity contribution in [3.8, 4) is 5.75 Å². The molecule has 2 rings (SSSR count). The molecule has 0 saturated carbocycles. The van der Waals surface area contributed by atoms with Crippen LogP contribution in [0.3, 0.4) is 0 Å². The molecule has 1 fully saturated rings. The van der Waals surface area contributed by atoms with Crippen molar-refractivity contribution in [2.24, 2.45) is 5.92 Å². The van der Waals surface area contributed by atoms with Crippen molar-refractivity contribution in [3.05, 3.63) is 29.8 Å². The van der Waals surface area contributed by atoms with Gasteiger partial charge in [0.1, 0.15) is 11.8 Å². The Labute approximate surface area is 119 Å². The average Bonchev–Trinajstić information content (AvgIpc) is 3.24. The van der Waals surface area contributed by atoms with Gasteiger partial charge in [-0.15, -0.1) is 5.06 Å². The van der Waals surface area contributed by atoms with Crippen molar-refractivity contribution in [1.29, 1.82) is 0 Å². The lowest BCUT2D eigenvalue weighted by atomic mass is 10.0. The van der Waals surface area contributed by atoms with E-state index in [0.29, 0.717) is 12.3 Å². The van der Waals surface area contributed by atoms with Crippen molar-refractivity contribution in [3.63, 3.8) is 0 Å². The van der Waals surface area contributed by atoms with Gasteiger partial charge < -0.3 is 9.47 Å². The number of hydrogen-bond donors (Lipinski definition) is 0. The molecule has 0 bridgehead atoms. The molecule has 0 radical (unpaired) electrons. The minimum atomic E-state index is -0.355. The third kappa shape index (κ3) is 3.29. The molecule has 1 unspecified atom stereocenters. The van der Waals surface area contributed by atoms with Gasteiger partial charge in [0.2, 0.25) is 0 Å². The monoisotopic (exact) mass is 279 g/mol. The quantitative estimate of drug-likeness (QED) is 0.591. The summed E-state index contributed by atoms with van der Waals surface area (Å²) in [6.45, 7) is 4.14. The largest absolute Gasteiger partial charge is 0.497 e. The van der Waals surface area contributed by atoms with Crippen LogP contribution in [0, 0.1) is 5.92 Å².